The van der Waals surface area contributed by atoms with Crippen molar-refractivity contribution in [2.75, 3.05) is 0 Å². The third-order valence-electron chi connectivity index (χ3n) is 8.90. The van der Waals surface area contributed by atoms with Gasteiger partial charge in [-0.05, 0) is 59.4 Å². The van der Waals surface area contributed by atoms with Gasteiger partial charge >= 0.3 is 0 Å². The van der Waals surface area contributed by atoms with Crippen LogP contribution in [0.1, 0.15) is 31.2 Å². The molecule has 0 bridgehead atoms. The molecule has 5 aromatic carbocycles. The van der Waals surface area contributed by atoms with E-state index in [4.69, 9.17) is 19.9 Å². The summed E-state index contributed by atoms with van der Waals surface area (Å²) in [6.07, 6.45) is 0. The molecule has 0 aliphatic carbocycles. The molecular weight excluding hydrogens is 585 g/mol. The lowest BCUT2D eigenvalue weighted by molar-refractivity contribution is 0.830. The lowest BCUT2D eigenvalue weighted by Crippen LogP contribution is -1.97. The first-order valence-electron chi connectivity index (χ1n) is 16.4. The van der Waals surface area contributed by atoms with Gasteiger partial charge in [-0.25, -0.2) is 9.97 Å². The van der Waals surface area contributed by atoms with E-state index in [1.807, 2.05) is 24.3 Å². The van der Waals surface area contributed by atoms with Crippen LogP contribution in [0, 0.1) is 6.92 Å². The Bertz CT molecular complexity index is 2420. The molecule has 0 aliphatic rings. The van der Waals surface area contributed by atoms with E-state index in [0.29, 0.717) is 11.7 Å². The fourth-order valence-electron chi connectivity index (χ4n) is 6.34. The number of aromatic nitrogens is 4. The van der Waals surface area contributed by atoms with Crippen LogP contribution in [0.15, 0.2) is 146 Å². The fourth-order valence-corrected chi connectivity index (χ4v) is 6.34. The summed E-state index contributed by atoms with van der Waals surface area (Å²) in [6, 6.07) is 50.8. The third-order valence-corrected chi connectivity index (χ3v) is 8.90. The standard InChI is InChI=1S/C44H34N4/c1-28(2)39-24-22-33-21-23-37-38(25-29(3)45-43(37)42(33)46-39)35-15-10-16-36(26-35)41-27-40(47-44(48-41)34-13-8-5-9-14-34)32-19-17-31(18-20-32)30-11-6-4-7-12-30/h4-28H,1-3H3. The van der Waals surface area contributed by atoms with Gasteiger partial charge in [-0.15, -0.1) is 0 Å². The summed E-state index contributed by atoms with van der Waals surface area (Å²) < 4.78 is 0. The van der Waals surface area contributed by atoms with Crippen molar-refractivity contribution in [3.05, 3.63) is 157 Å². The lowest BCUT2D eigenvalue weighted by atomic mass is 9.96. The molecule has 230 valence electrons. The molecule has 0 unspecified atom stereocenters. The minimum atomic E-state index is 0.339. The van der Waals surface area contributed by atoms with Crippen LogP contribution < -0.4 is 0 Å². The quantitative estimate of drug-likeness (QED) is 0.174. The van der Waals surface area contributed by atoms with Gasteiger partial charge in [0.1, 0.15) is 0 Å². The fraction of sp³-hybridized carbons (Fsp3) is 0.0909. The van der Waals surface area contributed by atoms with Gasteiger partial charge in [-0.2, -0.15) is 0 Å². The van der Waals surface area contributed by atoms with Crippen LogP contribution >= 0.6 is 0 Å². The molecule has 0 radical (unpaired) electrons. The van der Waals surface area contributed by atoms with Crippen LogP contribution in [0.4, 0.5) is 0 Å². The minimum Gasteiger partial charge on any atom is -0.251 e. The second-order valence-electron chi connectivity index (χ2n) is 12.6. The zero-order chi connectivity index (χ0) is 32.6. The third kappa shape index (κ3) is 5.62. The second kappa shape index (κ2) is 12.3. The molecule has 0 N–H and O–H groups in total. The highest BCUT2D eigenvalue weighted by Crippen LogP contribution is 2.36. The van der Waals surface area contributed by atoms with Crippen LogP contribution in [-0.2, 0) is 0 Å². The molecule has 0 fully saturated rings. The second-order valence-corrected chi connectivity index (χ2v) is 12.6. The predicted octanol–water partition coefficient (Wildman–Crippen LogP) is 11.3. The van der Waals surface area contributed by atoms with Crippen molar-refractivity contribution in [1.29, 1.82) is 0 Å². The van der Waals surface area contributed by atoms with E-state index in [1.54, 1.807) is 0 Å². The van der Waals surface area contributed by atoms with E-state index in [9.17, 15) is 0 Å². The van der Waals surface area contributed by atoms with Gasteiger partial charge in [-0.1, -0.05) is 135 Å². The van der Waals surface area contributed by atoms with Crippen molar-refractivity contribution >= 4 is 21.8 Å². The number of pyridine rings is 2. The number of nitrogens with zero attached hydrogens (tertiary/aromatic N) is 4. The number of rotatable bonds is 6. The van der Waals surface area contributed by atoms with Crippen molar-refractivity contribution in [1.82, 2.24) is 19.9 Å². The van der Waals surface area contributed by atoms with Crippen molar-refractivity contribution in [3.63, 3.8) is 0 Å². The molecule has 8 aromatic rings. The summed E-state index contributed by atoms with van der Waals surface area (Å²) in [5, 5.41) is 2.19. The van der Waals surface area contributed by atoms with E-state index in [-0.39, 0.29) is 0 Å². The van der Waals surface area contributed by atoms with Crippen molar-refractivity contribution < 1.29 is 0 Å². The van der Waals surface area contributed by atoms with Crippen molar-refractivity contribution in [2.45, 2.75) is 26.7 Å². The van der Waals surface area contributed by atoms with Crippen molar-refractivity contribution in [2.24, 2.45) is 0 Å². The van der Waals surface area contributed by atoms with E-state index in [1.165, 1.54) is 11.1 Å². The number of aryl methyl sites for hydroxylation is 1. The van der Waals surface area contributed by atoms with Gasteiger partial charge in [0.2, 0.25) is 0 Å². The molecule has 4 heteroatoms. The van der Waals surface area contributed by atoms with Gasteiger partial charge in [0.15, 0.2) is 5.82 Å². The lowest BCUT2D eigenvalue weighted by Gasteiger charge is -2.13. The number of hydrogen-bond donors (Lipinski definition) is 0. The van der Waals surface area contributed by atoms with E-state index in [2.05, 4.69) is 142 Å². The van der Waals surface area contributed by atoms with E-state index >= 15 is 0 Å². The Labute approximate surface area is 280 Å². The van der Waals surface area contributed by atoms with Crippen molar-refractivity contribution in [3.8, 4) is 56.2 Å². The Morgan fingerprint density at radius 3 is 1.77 bits per heavy atom. The van der Waals surface area contributed by atoms with Crippen LogP contribution in [-0.4, -0.2) is 19.9 Å². The van der Waals surface area contributed by atoms with Crippen LogP contribution in [0.3, 0.4) is 0 Å². The zero-order valence-electron chi connectivity index (χ0n) is 27.2. The highest BCUT2D eigenvalue weighted by Gasteiger charge is 2.15. The van der Waals surface area contributed by atoms with Crippen LogP contribution in [0.2, 0.25) is 0 Å². The van der Waals surface area contributed by atoms with Crippen LogP contribution in [0.5, 0.6) is 0 Å². The highest BCUT2D eigenvalue weighted by atomic mass is 14.9. The Kier molecular flexibility index (Phi) is 7.54. The predicted molar refractivity (Wildman–Crippen MR) is 199 cm³/mol. The summed E-state index contributed by atoms with van der Waals surface area (Å²) in [6.45, 7) is 6.41. The molecule has 0 atom stereocenters. The van der Waals surface area contributed by atoms with Gasteiger partial charge < -0.3 is 0 Å². The molecule has 0 aliphatic heterocycles. The highest BCUT2D eigenvalue weighted by molar-refractivity contribution is 6.08. The molecule has 0 saturated heterocycles. The Morgan fingerprint density at radius 2 is 1.04 bits per heavy atom. The topological polar surface area (TPSA) is 51.6 Å². The average molecular weight is 619 g/mol. The maximum Gasteiger partial charge on any atom is 0.160 e. The van der Waals surface area contributed by atoms with Gasteiger partial charge in [0.05, 0.1) is 22.4 Å². The van der Waals surface area contributed by atoms with Crippen LogP contribution in [0.25, 0.3) is 78.0 Å². The summed E-state index contributed by atoms with van der Waals surface area (Å²) in [4.78, 5) is 20.2. The molecule has 0 amide bonds. The molecule has 0 spiro atoms. The van der Waals surface area contributed by atoms with Gasteiger partial charge in [0.25, 0.3) is 0 Å². The number of fused-ring (bicyclic) bond motifs is 3. The summed E-state index contributed by atoms with van der Waals surface area (Å²) in [5.74, 6) is 1.04. The summed E-state index contributed by atoms with van der Waals surface area (Å²) >= 11 is 0. The SMILES string of the molecule is Cc1cc(-c2cccc(-c3cc(-c4ccc(-c5ccccc5)cc4)nc(-c4ccccc4)n3)c2)c2ccc3ccc(C(C)C)nc3c2n1. The molecule has 0 saturated carbocycles. The zero-order valence-corrected chi connectivity index (χ0v) is 27.2. The number of hydrogen-bond acceptors (Lipinski definition) is 4. The first-order chi connectivity index (χ1) is 23.5. The molecule has 3 aromatic heterocycles. The molecule has 4 nitrogen and oxygen atoms in total. The minimum absolute atomic E-state index is 0.339. The largest absolute Gasteiger partial charge is 0.251 e. The first-order valence-corrected chi connectivity index (χ1v) is 16.4. The number of benzene rings is 5. The normalized spacial score (nSPS) is 11.4. The Hall–Kier alpha value is -6.00. The Balaban J connectivity index is 1.26. The molecule has 8 rings (SSSR count). The molecule has 48 heavy (non-hydrogen) atoms. The smallest absolute Gasteiger partial charge is 0.160 e. The Morgan fingerprint density at radius 1 is 0.438 bits per heavy atom. The van der Waals surface area contributed by atoms with E-state index < -0.39 is 0 Å². The summed E-state index contributed by atoms with van der Waals surface area (Å²) in [7, 11) is 0. The molecular formula is C44H34N4. The van der Waals surface area contributed by atoms with Gasteiger partial charge in [-0.3, -0.25) is 9.97 Å². The summed E-state index contributed by atoms with van der Waals surface area (Å²) in [5.41, 5.74) is 13.3. The molecule has 3 heterocycles. The maximum atomic E-state index is 5.11. The van der Waals surface area contributed by atoms with E-state index in [0.717, 1.165) is 72.4 Å². The average Bonchev–Trinajstić information content (AvgIpc) is 3.15. The maximum absolute atomic E-state index is 5.11. The monoisotopic (exact) mass is 618 g/mol. The van der Waals surface area contributed by atoms with Gasteiger partial charge in [0, 0.05) is 38.9 Å². The first kappa shape index (κ1) is 29.4.